The molecule has 28 heavy (non-hydrogen) atoms. The molecular formula is C26H39BO. The van der Waals surface area contributed by atoms with Crippen LogP contribution in [-0.2, 0) is 11.3 Å². The predicted molar refractivity (Wildman–Crippen MR) is 119 cm³/mol. The van der Waals surface area contributed by atoms with Crippen LogP contribution >= 0.6 is 0 Å². The second kappa shape index (κ2) is 7.82. The van der Waals surface area contributed by atoms with E-state index in [4.69, 9.17) is 4.74 Å². The van der Waals surface area contributed by atoms with Crippen LogP contribution in [0.25, 0.3) is 0 Å². The molecule has 1 aromatic carbocycles. The van der Waals surface area contributed by atoms with E-state index >= 15 is 0 Å². The van der Waals surface area contributed by atoms with Gasteiger partial charge >= 0.3 is 0 Å². The minimum absolute atomic E-state index is 0.588. The summed E-state index contributed by atoms with van der Waals surface area (Å²) < 4.78 is 6.19. The first-order valence-corrected chi connectivity index (χ1v) is 12.3. The highest BCUT2D eigenvalue weighted by Crippen LogP contribution is 2.68. The molecule has 2 heteroatoms. The molecule has 6 rings (SSSR count). The number of rotatable bonds is 6. The maximum Gasteiger partial charge on any atom is 0.149 e. The topological polar surface area (TPSA) is 9.23 Å². The smallest absolute Gasteiger partial charge is 0.149 e. The Morgan fingerprint density at radius 1 is 0.964 bits per heavy atom. The fourth-order valence-corrected chi connectivity index (χ4v) is 8.25. The first-order valence-electron chi connectivity index (χ1n) is 12.3. The molecule has 2 aliphatic heterocycles. The SMILES string of the molecule is CC1(C)C2CC(B3C4CCCC3CCC4)C(CCOCc3ccccc3)C1C2. The van der Waals surface area contributed by atoms with Gasteiger partial charge in [0.05, 0.1) is 6.61 Å². The van der Waals surface area contributed by atoms with Crippen molar-refractivity contribution in [2.45, 2.75) is 95.7 Å². The van der Waals surface area contributed by atoms with Crippen LogP contribution in [-0.4, -0.2) is 13.3 Å². The summed E-state index contributed by atoms with van der Waals surface area (Å²) in [6, 6.07) is 10.7. The Balaban J connectivity index is 1.26. The highest BCUT2D eigenvalue weighted by atomic mass is 16.5. The van der Waals surface area contributed by atoms with E-state index in [0.717, 1.165) is 55.1 Å². The lowest BCUT2D eigenvalue weighted by atomic mass is 9.18. The van der Waals surface area contributed by atoms with E-state index in [1.54, 1.807) is 0 Å². The van der Waals surface area contributed by atoms with Crippen molar-refractivity contribution in [2.75, 3.05) is 6.61 Å². The Morgan fingerprint density at radius 3 is 2.29 bits per heavy atom. The number of hydrogen-bond acceptors (Lipinski definition) is 1. The summed E-state index contributed by atoms with van der Waals surface area (Å²) in [5, 5.41) is 0. The number of fused-ring (bicyclic) bond motifs is 5. The summed E-state index contributed by atoms with van der Waals surface area (Å²) in [4.78, 5) is 0. The first kappa shape index (κ1) is 19.2. The van der Waals surface area contributed by atoms with E-state index in [0.29, 0.717) is 5.41 Å². The van der Waals surface area contributed by atoms with Gasteiger partial charge in [0.1, 0.15) is 6.71 Å². The Bertz CT molecular complexity index is 634. The number of ether oxygens (including phenoxy) is 1. The third kappa shape index (κ3) is 3.38. The average molecular weight is 378 g/mol. The zero-order valence-corrected chi connectivity index (χ0v) is 18.1. The second-order valence-electron chi connectivity index (χ2n) is 11.2. The van der Waals surface area contributed by atoms with E-state index in [-0.39, 0.29) is 0 Å². The summed E-state index contributed by atoms with van der Waals surface area (Å²) in [5.41, 5.74) is 1.90. The van der Waals surface area contributed by atoms with E-state index in [2.05, 4.69) is 44.2 Å². The molecule has 4 atom stereocenters. The van der Waals surface area contributed by atoms with Crippen LogP contribution in [0.15, 0.2) is 30.3 Å². The predicted octanol–water partition coefficient (Wildman–Crippen LogP) is 7.25. The molecule has 0 amide bonds. The van der Waals surface area contributed by atoms with Gasteiger partial charge in [-0.15, -0.1) is 0 Å². The zero-order chi connectivity index (χ0) is 19.1. The van der Waals surface area contributed by atoms with Crippen LogP contribution in [0.2, 0.25) is 17.5 Å². The molecule has 0 spiro atoms. The van der Waals surface area contributed by atoms with Crippen LogP contribution in [0, 0.1) is 23.2 Å². The molecule has 152 valence electrons. The van der Waals surface area contributed by atoms with Gasteiger partial charge in [0.15, 0.2) is 0 Å². The lowest BCUT2D eigenvalue weighted by Crippen LogP contribution is -2.58. The van der Waals surface area contributed by atoms with Crippen molar-refractivity contribution in [2.24, 2.45) is 23.2 Å². The maximum absolute atomic E-state index is 6.19. The van der Waals surface area contributed by atoms with E-state index in [1.807, 2.05) is 0 Å². The Labute approximate surface area is 173 Å². The van der Waals surface area contributed by atoms with Crippen LogP contribution in [0.5, 0.6) is 0 Å². The van der Waals surface area contributed by atoms with Gasteiger partial charge in [0, 0.05) is 6.61 Å². The van der Waals surface area contributed by atoms with Crippen molar-refractivity contribution in [1.82, 2.24) is 0 Å². The Hall–Kier alpha value is -0.755. The summed E-state index contributed by atoms with van der Waals surface area (Å²) in [7, 11) is 0. The molecule has 0 N–H and O–H groups in total. The van der Waals surface area contributed by atoms with Gasteiger partial charge in [-0.25, -0.2) is 0 Å². The normalized spacial score (nSPS) is 38.7. The van der Waals surface area contributed by atoms with Crippen molar-refractivity contribution < 1.29 is 4.74 Å². The minimum Gasteiger partial charge on any atom is -0.377 e. The van der Waals surface area contributed by atoms with Gasteiger partial charge in [-0.2, -0.15) is 0 Å². The lowest BCUT2D eigenvalue weighted by Gasteiger charge is -2.65. The fraction of sp³-hybridized carbons (Fsp3) is 0.769. The van der Waals surface area contributed by atoms with Gasteiger partial charge in [-0.05, 0) is 41.6 Å². The zero-order valence-electron chi connectivity index (χ0n) is 18.1. The highest BCUT2D eigenvalue weighted by molar-refractivity contribution is 6.64. The Kier molecular flexibility index (Phi) is 5.37. The molecule has 1 nitrogen and oxygen atoms in total. The molecule has 3 saturated carbocycles. The third-order valence-corrected chi connectivity index (χ3v) is 9.76. The number of benzene rings is 1. The molecule has 5 aliphatic rings. The first-order chi connectivity index (χ1) is 13.6. The van der Waals surface area contributed by atoms with Crippen molar-refractivity contribution >= 4 is 6.71 Å². The Morgan fingerprint density at radius 2 is 1.64 bits per heavy atom. The summed E-state index contributed by atoms with van der Waals surface area (Å²) in [6.45, 7) is 7.94. The largest absolute Gasteiger partial charge is 0.377 e. The summed E-state index contributed by atoms with van der Waals surface area (Å²) in [6.07, 6.45) is 13.5. The van der Waals surface area contributed by atoms with E-state index in [1.165, 1.54) is 63.4 Å². The van der Waals surface area contributed by atoms with Crippen LogP contribution < -0.4 is 0 Å². The quantitative estimate of drug-likeness (QED) is 0.374. The van der Waals surface area contributed by atoms with Crippen LogP contribution in [0.3, 0.4) is 0 Å². The van der Waals surface area contributed by atoms with Gasteiger partial charge in [0.2, 0.25) is 0 Å². The molecule has 0 aromatic heterocycles. The van der Waals surface area contributed by atoms with Crippen molar-refractivity contribution in [3.63, 3.8) is 0 Å². The van der Waals surface area contributed by atoms with Crippen molar-refractivity contribution in [1.29, 1.82) is 0 Å². The average Bonchev–Trinajstić information content (AvgIpc) is 2.71. The molecular weight excluding hydrogens is 339 g/mol. The van der Waals surface area contributed by atoms with Crippen molar-refractivity contribution in [3.05, 3.63) is 35.9 Å². The fourth-order valence-electron chi connectivity index (χ4n) is 8.25. The standard InChI is InChI=1S/C26H39BO/c1-26(2)20-16-24(26)23(14-15-28-18-19-8-4-3-5-9-19)25(17-20)27-21-10-6-11-22(27)13-7-12-21/h3-5,8-9,20-25H,6-7,10-18H2,1-2H3. The van der Waals surface area contributed by atoms with E-state index in [9.17, 15) is 0 Å². The van der Waals surface area contributed by atoms with E-state index < -0.39 is 0 Å². The number of hydrogen-bond donors (Lipinski definition) is 0. The molecule has 3 aliphatic carbocycles. The molecule has 5 fully saturated rings. The summed E-state index contributed by atoms with van der Waals surface area (Å²) >= 11 is 0. The van der Waals surface area contributed by atoms with Gasteiger partial charge in [-0.1, -0.05) is 107 Å². The highest BCUT2D eigenvalue weighted by Gasteiger charge is 2.60. The monoisotopic (exact) mass is 378 g/mol. The van der Waals surface area contributed by atoms with Crippen LogP contribution in [0.1, 0.15) is 77.2 Å². The van der Waals surface area contributed by atoms with Gasteiger partial charge < -0.3 is 4.74 Å². The molecule has 0 radical (unpaired) electrons. The molecule has 2 heterocycles. The molecule has 2 saturated heterocycles. The van der Waals surface area contributed by atoms with Gasteiger partial charge in [0.25, 0.3) is 0 Å². The summed E-state index contributed by atoms with van der Waals surface area (Å²) in [5.74, 6) is 6.01. The minimum atomic E-state index is 0.588. The third-order valence-electron chi connectivity index (χ3n) is 9.76. The second-order valence-corrected chi connectivity index (χ2v) is 11.2. The van der Waals surface area contributed by atoms with Crippen LogP contribution in [0.4, 0.5) is 0 Å². The molecule has 4 bridgehead atoms. The van der Waals surface area contributed by atoms with Gasteiger partial charge in [-0.3, -0.25) is 0 Å². The molecule has 4 unspecified atom stereocenters. The molecule has 1 aromatic rings. The maximum atomic E-state index is 6.19. The lowest BCUT2D eigenvalue weighted by molar-refractivity contribution is -0.112. The van der Waals surface area contributed by atoms with Crippen molar-refractivity contribution in [3.8, 4) is 0 Å².